The number of aliphatic hydroxyl groups is 1. The Morgan fingerprint density at radius 3 is 3.07 bits per heavy atom. The molecule has 1 aliphatic carbocycles. The summed E-state index contributed by atoms with van der Waals surface area (Å²) in [6.07, 6.45) is 9.30. The minimum Gasteiger partial charge on any atom is -0.388 e. The zero-order valence-electron chi connectivity index (χ0n) is 7.43. The van der Waals surface area contributed by atoms with Crippen molar-refractivity contribution in [3.05, 3.63) is 40.7 Å². The molecule has 14 heavy (non-hydrogen) atoms. The molecular weight excluding hydrogens is 246 g/mol. The first-order valence-corrected chi connectivity index (χ1v) is 5.18. The summed E-state index contributed by atoms with van der Waals surface area (Å²) in [5.74, 6) is 0.107. The fourth-order valence-electron chi connectivity index (χ4n) is 1.45. The molecule has 0 spiro atoms. The van der Waals surface area contributed by atoms with Gasteiger partial charge in [0.1, 0.15) is 6.26 Å². The van der Waals surface area contributed by atoms with Crippen LogP contribution in [0.15, 0.2) is 39.7 Å². The van der Waals surface area contributed by atoms with Gasteiger partial charge in [0.15, 0.2) is 0 Å². The van der Waals surface area contributed by atoms with Crippen LogP contribution in [0, 0.1) is 5.92 Å². The van der Waals surface area contributed by atoms with Crippen LogP contribution in [0.2, 0.25) is 0 Å². The Morgan fingerprint density at radius 2 is 2.50 bits per heavy atom. The molecule has 4 heteroatoms. The van der Waals surface area contributed by atoms with Crippen molar-refractivity contribution in [1.29, 1.82) is 0 Å². The molecule has 1 aromatic heterocycles. The molecule has 2 unspecified atom stereocenters. The first-order chi connectivity index (χ1) is 6.77. The number of nitrogens with zero attached hydrogens (tertiary/aromatic N) is 1. The number of aromatic nitrogens is 1. The highest BCUT2D eigenvalue weighted by atomic mass is 79.9. The molecular formula is C10H10BrNO2. The van der Waals surface area contributed by atoms with E-state index < -0.39 is 6.10 Å². The lowest BCUT2D eigenvalue weighted by Gasteiger charge is -2.19. The van der Waals surface area contributed by atoms with Crippen molar-refractivity contribution in [3.8, 4) is 0 Å². The van der Waals surface area contributed by atoms with Crippen LogP contribution < -0.4 is 0 Å². The molecule has 74 valence electrons. The molecule has 2 atom stereocenters. The van der Waals surface area contributed by atoms with Gasteiger partial charge in [-0.05, 0) is 6.42 Å². The molecule has 0 bridgehead atoms. The van der Waals surface area contributed by atoms with E-state index in [1.54, 1.807) is 6.20 Å². The van der Waals surface area contributed by atoms with Gasteiger partial charge in [0.05, 0.1) is 12.3 Å². The topological polar surface area (TPSA) is 46.3 Å². The standard InChI is InChI=1S/C10H10BrNO2/c11-9-3-1-7(2-4-9)10(13)8-5-12-14-6-8/h1,3-7,10,13H,2H2. The second kappa shape index (κ2) is 4.11. The van der Waals surface area contributed by atoms with Gasteiger partial charge in [-0.2, -0.15) is 0 Å². The third-order valence-corrected chi connectivity index (χ3v) is 2.87. The highest BCUT2D eigenvalue weighted by Crippen LogP contribution is 2.30. The molecule has 0 amide bonds. The average molecular weight is 256 g/mol. The van der Waals surface area contributed by atoms with Crippen LogP contribution in [0.5, 0.6) is 0 Å². The SMILES string of the molecule is OC(c1cnoc1)C1C=CC(Br)=CC1. The maximum Gasteiger partial charge on any atom is 0.129 e. The minimum atomic E-state index is -0.533. The van der Waals surface area contributed by atoms with Crippen LogP contribution in [-0.2, 0) is 0 Å². The van der Waals surface area contributed by atoms with Crippen molar-refractivity contribution in [2.75, 3.05) is 0 Å². The predicted molar refractivity (Wildman–Crippen MR) is 55.7 cm³/mol. The van der Waals surface area contributed by atoms with Gasteiger partial charge in [-0.3, -0.25) is 0 Å². The summed E-state index contributed by atoms with van der Waals surface area (Å²) in [4.78, 5) is 0. The Balaban J connectivity index is 2.08. The second-order valence-electron chi connectivity index (χ2n) is 3.25. The van der Waals surface area contributed by atoms with Gasteiger partial charge in [0.25, 0.3) is 0 Å². The molecule has 1 aliphatic rings. The van der Waals surface area contributed by atoms with Gasteiger partial charge in [0.2, 0.25) is 0 Å². The fourth-order valence-corrected chi connectivity index (χ4v) is 1.79. The van der Waals surface area contributed by atoms with E-state index in [0.29, 0.717) is 0 Å². The van der Waals surface area contributed by atoms with E-state index >= 15 is 0 Å². The van der Waals surface area contributed by atoms with Crippen LogP contribution in [0.1, 0.15) is 18.1 Å². The zero-order chi connectivity index (χ0) is 9.97. The van der Waals surface area contributed by atoms with E-state index in [9.17, 15) is 5.11 Å². The van der Waals surface area contributed by atoms with E-state index in [4.69, 9.17) is 0 Å². The Labute approximate surface area is 90.2 Å². The first-order valence-electron chi connectivity index (χ1n) is 4.38. The Kier molecular flexibility index (Phi) is 2.84. The summed E-state index contributed by atoms with van der Waals surface area (Å²) in [6, 6.07) is 0. The highest BCUT2D eigenvalue weighted by Gasteiger charge is 2.20. The Bertz CT molecular complexity index is 356. The maximum absolute atomic E-state index is 9.92. The van der Waals surface area contributed by atoms with Gasteiger partial charge in [-0.25, -0.2) is 0 Å². The van der Waals surface area contributed by atoms with Crippen molar-refractivity contribution in [2.45, 2.75) is 12.5 Å². The van der Waals surface area contributed by atoms with Crippen LogP contribution in [-0.4, -0.2) is 10.3 Å². The molecule has 0 fully saturated rings. The molecule has 0 saturated carbocycles. The predicted octanol–water partition coefficient (Wildman–Crippen LogP) is 2.56. The fraction of sp³-hybridized carbons (Fsp3) is 0.300. The monoisotopic (exact) mass is 255 g/mol. The third-order valence-electron chi connectivity index (χ3n) is 2.29. The largest absolute Gasteiger partial charge is 0.388 e. The van der Waals surface area contributed by atoms with Crippen LogP contribution in [0.25, 0.3) is 0 Å². The third kappa shape index (κ3) is 1.96. The van der Waals surface area contributed by atoms with Gasteiger partial charge >= 0.3 is 0 Å². The van der Waals surface area contributed by atoms with Crippen LogP contribution in [0.4, 0.5) is 0 Å². The van der Waals surface area contributed by atoms with E-state index in [0.717, 1.165) is 16.5 Å². The van der Waals surface area contributed by atoms with Gasteiger partial charge < -0.3 is 9.63 Å². The lowest BCUT2D eigenvalue weighted by atomic mass is 9.92. The highest BCUT2D eigenvalue weighted by molar-refractivity contribution is 9.11. The Morgan fingerprint density at radius 1 is 1.64 bits per heavy atom. The van der Waals surface area contributed by atoms with E-state index in [-0.39, 0.29) is 5.92 Å². The molecule has 1 heterocycles. The average Bonchev–Trinajstić information content (AvgIpc) is 2.71. The first kappa shape index (κ1) is 9.68. The van der Waals surface area contributed by atoms with Crippen molar-refractivity contribution < 1.29 is 9.63 Å². The van der Waals surface area contributed by atoms with Crippen LogP contribution in [0.3, 0.4) is 0 Å². The molecule has 1 N–H and O–H groups in total. The summed E-state index contributed by atoms with van der Waals surface area (Å²) >= 11 is 3.38. The van der Waals surface area contributed by atoms with Gasteiger partial charge in [0, 0.05) is 16.0 Å². The van der Waals surface area contributed by atoms with Crippen LogP contribution >= 0.6 is 15.9 Å². The molecule has 0 aromatic carbocycles. The van der Waals surface area contributed by atoms with E-state index in [2.05, 4.69) is 25.6 Å². The van der Waals surface area contributed by atoms with Crippen molar-refractivity contribution in [1.82, 2.24) is 5.16 Å². The summed E-state index contributed by atoms with van der Waals surface area (Å²) in [6.45, 7) is 0. The second-order valence-corrected chi connectivity index (χ2v) is 4.17. The summed E-state index contributed by atoms with van der Waals surface area (Å²) in [5, 5.41) is 13.5. The number of rotatable bonds is 2. The molecule has 0 radical (unpaired) electrons. The summed E-state index contributed by atoms with van der Waals surface area (Å²) < 4.78 is 5.75. The molecule has 0 aliphatic heterocycles. The molecule has 3 nitrogen and oxygen atoms in total. The normalized spacial score (nSPS) is 23.3. The molecule has 2 rings (SSSR count). The number of allylic oxidation sites excluding steroid dienone is 3. The van der Waals surface area contributed by atoms with Gasteiger partial charge in [-0.15, -0.1) is 0 Å². The molecule has 0 saturated heterocycles. The van der Waals surface area contributed by atoms with Crippen molar-refractivity contribution in [3.63, 3.8) is 0 Å². The lowest BCUT2D eigenvalue weighted by molar-refractivity contribution is 0.131. The molecule has 1 aromatic rings. The summed E-state index contributed by atoms with van der Waals surface area (Å²) in [5.41, 5.74) is 0.728. The van der Waals surface area contributed by atoms with Gasteiger partial charge in [-0.1, -0.05) is 39.3 Å². The van der Waals surface area contributed by atoms with Crippen molar-refractivity contribution in [2.24, 2.45) is 5.92 Å². The zero-order valence-corrected chi connectivity index (χ0v) is 9.02. The minimum absolute atomic E-state index is 0.107. The number of aliphatic hydroxyl groups excluding tert-OH is 1. The van der Waals surface area contributed by atoms with Crippen molar-refractivity contribution >= 4 is 15.9 Å². The van der Waals surface area contributed by atoms with E-state index in [1.807, 2.05) is 18.2 Å². The quantitative estimate of drug-likeness (QED) is 0.884. The lowest BCUT2D eigenvalue weighted by Crippen LogP contribution is -2.10. The maximum atomic E-state index is 9.92. The summed E-state index contributed by atoms with van der Waals surface area (Å²) in [7, 11) is 0. The van der Waals surface area contributed by atoms with E-state index in [1.165, 1.54) is 6.26 Å². The Hall–Kier alpha value is -0.870. The number of halogens is 1. The number of hydrogen-bond donors (Lipinski definition) is 1. The number of hydrogen-bond acceptors (Lipinski definition) is 3. The smallest absolute Gasteiger partial charge is 0.129 e.